The monoisotopic (exact) mass is 577 g/mol. The van der Waals surface area contributed by atoms with Crippen LogP contribution in [-0.2, 0) is 0 Å². The third kappa shape index (κ3) is 4.13. The lowest BCUT2D eigenvalue weighted by atomic mass is 9.94. The molecule has 212 valence electrons. The predicted molar refractivity (Wildman–Crippen MR) is 187 cm³/mol. The molecule has 0 aliphatic rings. The summed E-state index contributed by atoms with van der Waals surface area (Å²) in [6, 6.07) is 57.2. The van der Waals surface area contributed by atoms with E-state index in [1.807, 2.05) is 24.3 Å². The summed E-state index contributed by atoms with van der Waals surface area (Å²) in [6.07, 6.45) is 0. The van der Waals surface area contributed by atoms with Gasteiger partial charge in [0.15, 0.2) is 5.58 Å². The maximum Gasteiger partial charge on any atom is 0.163 e. The van der Waals surface area contributed by atoms with Crippen LogP contribution in [0.4, 0.5) is 17.1 Å². The molecule has 0 bridgehead atoms. The summed E-state index contributed by atoms with van der Waals surface area (Å²) in [7, 11) is 0. The Labute approximate surface area is 260 Å². The van der Waals surface area contributed by atoms with E-state index in [0.29, 0.717) is 0 Å². The fourth-order valence-corrected chi connectivity index (χ4v) is 6.61. The highest BCUT2D eigenvalue weighted by atomic mass is 16.3. The molecule has 2 aromatic heterocycles. The van der Waals surface area contributed by atoms with Gasteiger partial charge in [0, 0.05) is 27.5 Å². The van der Waals surface area contributed by atoms with E-state index in [4.69, 9.17) is 8.83 Å². The van der Waals surface area contributed by atoms with Crippen molar-refractivity contribution in [3.05, 3.63) is 164 Å². The zero-order valence-electron chi connectivity index (χ0n) is 24.4. The lowest BCUT2D eigenvalue weighted by Gasteiger charge is -2.26. The molecule has 9 aromatic rings. The molecule has 45 heavy (non-hydrogen) atoms. The zero-order chi connectivity index (χ0) is 29.7. The minimum atomic E-state index is 0.796. The molecular weight excluding hydrogens is 550 g/mol. The van der Waals surface area contributed by atoms with E-state index in [9.17, 15) is 0 Å². The van der Waals surface area contributed by atoms with Gasteiger partial charge in [-0.25, -0.2) is 0 Å². The third-order valence-electron chi connectivity index (χ3n) is 8.67. The number of hydrogen-bond donors (Lipinski definition) is 0. The second-order valence-electron chi connectivity index (χ2n) is 11.3. The number of furan rings is 2. The number of para-hydroxylation sites is 3. The van der Waals surface area contributed by atoms with Crippen molar-refractivity contribution >= 4 is 60.9 Å². The molecule has 9 rings (SSSR count). The molecule has 3 heteroatoms. The second-order valence-corrected chi connectivity index (χ2v) is 11.3. The molecule has 0 spiro atoms. The van der Waals surface area contributed by atoms with Gasteiger partial charge in [0.05, 0.1) is 11.1 Å². The normalized spacial score (nSPS) is 11.6. The average molecular weight is 578 g/mol. The second kappa shape index (κ2) is 10.3. The molecule has 0 N–H and O–H groups in total. The van der Waals surface area contributed by atoms with Gasteiger partial charge in [-0.15, -0.1) is 0 Å². The zero-order valence-corrected chi connectivity index (χ0v) is 24.4. The molecule has 0 aliphatic heterocycles. The molecule has 0 atom stereocenters. The minimum absolute atomic E-state index is 0.796. The van der Waals surface area contributed by atoms with Crippen molar-refractivity contribution in [1.82, 2.24) is 0 Å². The quantitative estimate of drug-likeness (QED) is 0.204. The van der Waals surface area contributed by atoms with Crippen LogP contribution in [-0.4, -0.2) is 0 Å². The molecule has 0 radical (unpaired) electrons. The minimum Gasteiger partial charge on any atom is -0.455 e. The summed E-state index contributed by atoms with van der Waals surface area (Å²) in [5.74, 6) is 0. The molecule has 0 amide bonds. The van der Waals surface area contributed by atoms with Crippen LogP contribution in [0.15, 0.2) is 173 Å². The summed E-state index contributed by atoms with van der Waals surface area (Å²) >= 11 is 0. The SMILES string of the molecule is c1ccc(-c2ccccc2-c2ccc(N(c3ccccc3)c3cc4c5ccccc5oc4c4c3oc3ccccc34)cc2)cc1. The van der Waals surface area contributed by atoms with Crippen LogP contribution in [0.1, 0.15) is 0 Å². The van der Waals surface area contributed by atoms with E-state index in [2.05, 4.69) is 144 Å². The van der Waals surface area contributed by atoms with Gasteiger partial charge in [-0.1, -0.05) is 121 Å². The van der Waals surface area contributed by atoms with E-state index in [0.717, 1.165) is 66.5 Å². The predicted octanol–water partition coefficient (Wildman–Crippen LogP) is 12.3. The molecule has 7 aromatic carbocycles. The van der Waals surface area contributed by atoms with Crippen molar-refractivity contribution in [1.29, 1.82) is 0 Å². The molecule has 2 heterocycles. The Bertz CT molecular complexity index is 2470. The van der Waals surface area contributed by atoms with Gasteiger partial charge in [0.2, 0.25) is 0 Å². The Morgan fingerprint density at radius 3 is 1.60 bits per heavy atom. The van der Waals surface area contributed by atoms with E-state index >= 15 is 0 Å². The summed E-state index contributed by atoms with van der Waals surface area (Å²) in [5.41, 5.74) is 11.2. The summed E-state index contributed by atoms with van der Waals surface area (Å²) in [5, 5.41) is 4.18. The van der Waals surface area contributed by atoms with Gasteiger partial charge in [0.25, 0.3) is 0 Å². The van der Waals surface area contributed by atoms with Gasteiger partial charge < -0.3 is 13.7 Å². The fourth-order valence-electron chi connectivity index (χ4n) is 6.61. The van der Waals surface area contributed by atoms with Crippen molar-refractivity contribution < 1.29 is 8.83 Å². The topological polar surface area (TPSA) is 29.5 Å². The first-order valence-electron chi connectivity index (χ1n) is 15.2. The smallest absolute Gasteiger partial charge is 0.163 e. The first-order valence-corrected chi connectivity index (χ1v) is 15.2. The van der Waals surface area contributed by atoms with Crippen molar-refractivity contribution in [3.8, 4) is 22.3 Å². The Morgan fingerprint density at radius 1 is 0.378 bits per heavy atom. The van der Waals surface area contributed by atoms with Gasteiger partial charge in [-0.05, 0) is 64.7 Å². The Balaban J connectivity index is 1.28. The van der Waals surface area contributed by atoms with Crippen molar-refractivity contribution in [2.24, 2.45) is 0 Å². The first kappa shape index (κ1) is 25.4. The fraction of sp³-hybridized carbons (Fsp3) is 0. The average Bonchev–Trinajstić information content (AvgIpc) is 3.68. The molecule has 0 saturated carbocycles. The molecule has 0 aliphatic carbocycles. The van der Waals surface area contributed by atoms with Crippen molar-refractivity contribution in [2.45, 2.75) is 0 Å². The molecule has 3 nitrogen and oxygen atoms in total. The van der Waals surface area contributed by atoms with Gasteiger partial charge in [-0.2, -0.15) is 0 Å². The number of rotatable bonds is 5. The number of anilines is 3. The molecular formula is C42H27NO2. The van der Waals surface area contributed by atoms with E-state index in [1.54, 1.807) is 0 Å². The lowest BCUT2D eigenvalue weighted by molar-refractivity contribution is 0.663. The molecule has 0 fully saturated rings. The molecule has 0 saturated heterocycles. The third-order valence-corrected chi connectivity index (χ3v) is 8.67. The van der Waals surface area contributed by atoms with Crippen LogP contribution in [0.25, 0.3) is 66.1 Å². The first-order chi connectivity index (χ1) is 22.3. The number of hydrogen-bond acceptors (Lipinski definition) is 3. The maximum absolute atomic E-state index is 6.67. The molecule has 0 unspecified atom stereocenters. The van der Waals surface area contributed by atoms with E-state index in [1.165, 1.54) is 16.7 Å². The van der Waals surface area contributed by atoms with Crippen LogP contribution >= 0.6 is 0 Å². The standard InChI is InChI=1S/C42H27NO2/c1-3-13-28(14-4-1)32-17-7-8-18-33(32)29-23-25-31(26-24-29)43(30-15-5-2-6-16-30)37-27-36-34-19-9-11-21-38(34)44-41(36)40-35-20-10-12-22-39(35)45-42(37)40/h1-27H. The Kier molecular flexibility index (Phi) is 5.82. The van der Waals surface area contributed by atoms with Crippen LogP contribution < -0.4 is 4.90 Å². The largest absolute Gasteiger partial charge is 0.455 e. The lowest BCUT2D eigenvalue weighted by Crippen LogP contribution is -2.10. The number of fused-ring (bicyclic) bond motifs is 7. The highest BCUT2D eigenvalue weighted by molar-refractivity contribution is 6.25. The number of benzene rings is 7. The van der Waals surface area contributed by atoms with Crippen molar-refractivity contribution in [2.75, 3.05) is 4.90 Å². The summed E-state index contributed by atoms with van der Waals surface area (Å²) in [4.78, 5) is 2.29. The van der Waals surface area contributed by atoms with E-state index < -0.39 is 0 Å². The van der Waals surface area contributed by atoms with Gasteiger partial charge in [-0.3, -0.25) is 0 Å². The van der Waals surface area contributed by atoms with Gasteiger partial charge >= 0.3 is 0 Å². The van der Waals surface area contributed by atoms with Crippen LogP contribution in [0.3, 0.4) is 0 Å². The van der Waals surface area contributed by atoms with E-state index in [-0.39, 0.29) is 0 Å². The van der Waals surface area contributed by atoms with Gasteiger partial charge in [0.1, 0.15) is 16.7 Å². The maximum atomic E-state index is 6.67. The number of nitrogens with zero attached hydrogens (tertiary/aromatic N) is 1. The summed E-state index contributed by atoms with van der Waals surface area (Å²) < 4.78 is 13.2. The highest BCUT2D eigenvalue weighted by Gasteiger charge is 2.24. The van der Waals surface area contributed by atoms with Crippen LogP contribution in [0.5, 0.6) is 0 Å². The van der Waals surface area contributed by atoms with Crippen molar-refractivity contribution in [3.63, 3.8) is 0 Å². The Hall–Kier alpha value is -6.06. The summed E-state index contributed by atoms with van der Waals surface area (Å²) in [6.45, 7) is 0. The van der Waals surface area contributed by atoms with Crippen LogP contribution in [0.2, 0.25) is 0 Å². The Morgan fingerprint density at radius 2 is 0.889 bits per heavy atom. The highest BCUT2D eigenvalue weighted by Crippen LogP contribution is 2.47. The van der Waals surface area contributed by atoms with Crippen LogP contribution in [0, 0.1) is 0 Å².